The van der Waals surface area contributed by atoms with Gasteiger partial charge in [-0.25, -0.2) is 4.98 Å². The molecule has 0 aliphatic heterocycles. The minimum atomic E-state index is -0.305. The van der Waals surface area contributed by atoms with Gasteiger partial charge >= 0.3 is 0 Å². The van der Waals surface area contributed by atoms with Crippen LogP contribution >= 0.6 is 11.3 Å². The minimum Gasteiger partial charge on any atom is -0.448 e. The number of nitrogens with one attached hydrogen (secondary N) is 1. The third-order valence-electron chi connectivity index (χ3n) is 4.48. The van der Waals surface area contributed by atoms with Gasteiger partial charge in [0.05, 0.1) is 16.3 Å². The van der Waals surface area contributed by atoms with Gasteiger partial charge in [0.25, 0.3) is 5.91 Å². The van der Waals surface area contributed by atoms with Gasteiger partial charge < -0.3 is 14.8 Å². The van der Waals surface area contributed by atoms with Crippen molar-refractivity contribution < 1.29 is 14.3 Å². The number of amides is 1. The molecule has 1 aliphatic rings. The van der Waals surface area contributed by atoms with E-state index in [1.165, 1.54) is 11.3 Å². The first-order valence-electron chi connectivity index (χ1n) is 8.13. The molecule has 0 radical (unpaired) electrons. The smallest absolute Gasteiger partial charge is 0.287 e. The lowest BCUT2D eigenvalue weighted by molar-refractivity contribution is 0.0891. The summed E-state index contributed by atoms with van der Waals surface area (Å²) < 4.78 is 6.76. The van der Waals surface area contributed by atoms with Crippen LogP contribution in [0.5, 0.6) is 0 Å². The average Bonchev–Trinajstić information content (AvgIpc) is 3.31. The van der Waals surface area contributed by atoms with Crippen LogP contribution in [-0.4, -0.2) is 28.6 Å². The normalized spacial score (nSPS) is 20.5. The highest BCUT2D eigenvalue weighted by Crippen LogP contribution is 2.31. The Labute approximate surface area is 143 Å². The molecule has 2 N–H and O–H groups in total. The van der Waals surface area contributed by atoms with E-state index in [-0.39, 0.29) is 23.7 Å². The maximum atomic E-state index is 12.2. The van der Waals surface area contributed by atoms with E-state index in [1.807, 2.05) is 24.3 Å². The van der Waals surface area contributed by atoms with Gasteiger partial charge in [-0.15, -0.1) is 11.3 Å². The van der Waals surface area contributed by atoms with Gasteiger partial charge in [-0.2, -0.15) is 0 Å². The summed E-state index contributed by atoms with van der Waals surface area (Å²) in [5.74, 6) is 0.771. The maximum Gasteiger partial charge on any atom is 0.287 e. The fraction of sp³-hybridized carbons (Fsp3) is 0.333. The van der Waals surface area contributed by atoms with Gasteiger partial charge in [0.1, 0.15) is 0 Å². The van der Waals surface area contributed by atoms with Crippen LogP contribution in [0.4, 0.5) is 0 Å². The molecule has 1 fully saturated rings. The van der Waals surface area contributed by atoms with Crippen molar-refractivity contribution in [3.8, 4) is 10.8 Å². The van der Waals surface area contributed by atoms with Crippen LogP contribution in [0.15, 0.2) is 40.8 Å². The van der Waals surface area contributed by atoms with E-state index < -0.39 is 0 Å². The van der Waals surface area contributed by atoms with E-state index >= 15 is 0 Å². The van der Waals surface area contributed by atoms with Crippen molar-refractivity contribution in [2.24, 2.45) is 5.92 Å². The van der Waals surface area contributed by atoms with E-state index in [2.05, 4.69) is 10.3 Å². The summed E-state index contributed by atoms with van der Waals surface area (Å²) in [7, 11) is 0. The number of rotatable bonds is 4. The Bertz CT molecular complexity index is 837. The predicted octanol–water partition coefficient (Wildman–Crippen LogP) is 3.45. The number of fused-ring (bicyclic) bond motifs is 1. The summed E-state index contributed by atoms with van der Waals surface area (Å²) in [6, 6.07) is 11.3. The lowest BCUT2D eigenvalue weighted by atomic mass is 10.1. The first-order valence-corrected chi connectivity index (χ1v) is 8.94. The molecule has 1 aliphatic carbocycles. The summed E-state index contributed by atoms with van der Waals surface area (Å²) in [6.45, 7) is 0.483. The number of aliphatic hydroxyl groups is 1. The van der Waals surface area contributed by atoms with E-state index in [4.69, 9.17) is 4.42 Å². The van der Waals surface area contributed by atoms with Gasteiger partial charge in [0.15, 0.2) is 16.5 Å². The van der Waals surface area contributed by atoms with Crippen LogP contribution in [0.25, 0.3) is 21.0 Å². The number of aromatic nitrogens is 1. The third-order valence-corrected chi connectivity index (χ3v) is 5.53. The molecule has 0 spiro atoms. The van der Waals surface area contributed by atoms with Crippen molar-refractivity contribution in [3.05, 3.63) is 42.2 Å². The molecule has 1 amide bonds. The second-order valence-electron chi connectivity index (χ2n) is 6.12. The Balaban J connectivity index is 1.46. The first kappa shape index (κ1) is 15.4. The topological polar surface area (TPSA) is 75.4 Å². The van der Waals surface area contributed by atoms with Crippen molar-refractivity contribution in [3.63, 3.8) is 0 Å². The molecule has 0 bridgehead atoms. The molecule has 5 nitrogen and oxygen atoms in total. The summed E-state index contributed by atoms with van der Waals surface area (Å²) in [4.78, 5) is 16.8. The van der Waals surface area contributed by atoms with Crippen molar-refractivity contribution in [1.82, 2.24) is 10.3 Å². The van der Waals surface area contributed by atoms with E-state index in [1.54, 1.807) is 12.1 Å². The van der Waals surface area contributed by atoms with Crippen LogP contribution < -0.4 is 5.32 Å². The number of carbonyl (C=O) groups is 1. The summed E-state index contributed by atoms with van der Waals surface area (Å²) >= 11 is 1.54. The van der Waals surface area contributed by atoms with Crippen LogP contribution in [0.1, 0.15) is 29.8 Å². The van der Waals surface area contributed by atoms with Crippen LogP contribution in [-0.2, 0) is 0 Å². The molecular weight excluding hydrogens is 324 g/mol. The number of hydrogen-bond acceptors (Lipinski definition) is 5. The minimum absolute atomic E-state index is 0.146. The van der Waals surface area contributed by atoms with E-state index in [9.17, 15) is 9.90 Å². The number of para-hydroxylation sites is 1. The zero-order valence-electron chi connectivity index (χ0n) is 13.1. The summed E-state index contributed by atoms with van der Waals surface area (Å²) in [5.41, 5.74) is 0.926. The fourth-order valence-corrected chi connectivity index (χ4v) is 4.05. The molecule has 0 saturated heterocycles. The molecule has 4 rings (SSSR count). The molecule has 2 atom stereocenters. The monoisotopic (exact) mass is 342 g/mol. The van der Waals surface area contributed by atoms with Gasteiger partial charge in [0, 0.05) is 12.5 Å². The number of hydrogen-bond donors (Lipinski definition) is 2. The summed E-state index contributed by atoms with van der Waals surface area (Å²) in [5, 5.41) is 13.4. The standard InChI is InChI=1S/C18H18N2O3S/c21-13-6-3-4-11(13)10-19-17(22)14-8-9-15(23-14)18-20-12-5-1-2-7-16(12)24-18/h1-2,5,7-9,11,13,21H,3-4,6,10H2,(H,19,22). The highest BCUT2D eigenvalue weighted by Gasteiger charge is 2.26. The highest BCUT2D eigenvalue weighted by molar-refractivity contribution is 7.21. The molecule has 2 unspecified atom stereocenters. The van der Waals surface area contributed by atoms with Crippen LogP contribution in [0, 0.1) is 5.92 Å². The number of nitrogens with zero attached hydrogens (tertiary/aromatic N) is 1. The molecule has 2 aromatic heterocycles. The second kappa shape index (κ2) is 6.37. The number of benzene rings is 1. The Kier molecular flexibility index (Phi) is 4.08. The molecule has 1 aromatic carbocycles. The number of carbonyl (C=O) groups excluding carboxylic acids is 1. The van der Waals surface area contributed by atoms with Crippen molar-refractivity contribution in [2.45, 2.75) is 25.4 Å². The number of furan rings is 1. The van der Waals surface area contributed by atoms with Crippen molar-refractivity contribution >= 4 is 27.5 Å². The number of aliphatic hydroxyl groups excluding tert-OH is 1. The fourth-order valence-electron chi connectivity index (χ4n) is 3.12. The quantitative estimate of drug-likeness (QED) is 0.761. The molecule has 1 saturated carbocycles. The van der Waals surface area contributed by atoms with Gasteiger partial charge in [-0.1, -0.05) is 18.6 Å². The molecular formula is C18H18N2O3S. The van der Waals surface area contributed by atoms with E-state index in [0.717, 1.165) is 34.5 Å². The van der Waals surface area contributed by atoms with Crippen LogP contribution in [0.2, 0.25) is 0 Å². The van der Waals surface area contributed by atoms with Gasteiger partial charge in [-0.3, -0.25) is 4.79 Å². The SMILES string of the molecule is O=C(NCC1CCCC1O)c1ccc(-c2nc3ccccc3s2)o1. The zero-order valence-corrected chi connectivity index (χ0v) is 13.9. The molecule has 3 aromatic rings. The van der Waals surface area contributed by atoms with Crippen LogP contribution in [0.3, 0.4) is 0 Å². The maximum absolute atomic E-state index is 12.2. The van der Waals surface area contributed by atoms with Gasteiger partial charge in [-0.05, 0) is 37.1 Å². The summed E-state index contributed by atoms with van der Waals surface area (Å²) in [6.07, 6.45) is 2.49. The Morgan fingerprint density at radius 3 is 2.96 bits per heavy atom. The lowest BCUT2D eigenvalue weighted by Crippen LogP contribution is -2.32. The highest BCUT2D eigenvalue weighted by atomic mass is 32.1. The Hall–Kier alpha value is -2.18. The van der Waals surface area contributed by atoms with Crippen molar-refractivity contribution in [1.29, 1.82) is 0 Å². The third kappa shape index (κ3) is 2.95. The largest absolute Gasteiger partial charge is 0.448 e. The van der Waals surface area contributed by atoms with Gasteiger partial charge in [0.2, 0.25) is 0 Å². The molecule has 124 valence electrons. The lowest BCUT2D eigenvalue weighted by Gasteiger charge is -2.14. The van der Waals surface area contributed by atoms with Crippen molar-refractivity contribution in [2.75, 3.05) is 6.54 Å². The molecule has 24 heavy (non-hydrogen) atoms. The first-order chi connectivity index (χ1) is 11.7. The Morgan fingerprint density at radius 1 is 1.29 bits per heavy atom. The van der Waals surface area contributed by atoms with E-state index in [0.29, 0.717) is 12.3 Å². The second-order valence-corrected chi connectivity index (χ2v) is 7.15. The predicted molar refractivity (Wildman–Crippen MR) is 93.0 cm³/mol. The Morgan fingerprint density at radius 2 is 2.17 bits per heavy atom. The molecule has 6 heteroatoms. The molecule has 2 heterocycles. The zero-order chi connectivity index (χ0) is 16.5. The average molecular weight is 342 g/mol. The number of thiazole rings is 1.